The molecule has 2 aromatic rings. The van der Waals surface area contributed by atoms with Gasteiger partial charge >= 0.3 is 5.97 Å². The second-order valence-corrected chi connectivity index (χ2v) is 7.27. The molecule has 2 rings (SSSR count). The first-order valence-corrected chi connectivity index (χ1v) is 8.70. The number of aromatic hydroxyl groups is 2. The quantitative estimate of drug-likeness (QED) is 0.696. The molecule has 0 spiro atoms. The van der Waals surface area contributed by atoms with Crippen molar-refractivity contribution in [2.75, 3.05) is 0 Å². The predicted molar refractivity (Wildman–Crippen MR) is 84.7 cm³/mol. The van der Waals surface area contributed by atoms with E-state index in [9.17, 15) is 27.8 Å². The lowest BCUT2D eigenvalue weighted by atomic mass is 10.1. The highest BCUT2D eigenvalue weighted by atomic mass is 32.2. The molecule has 0 bridgehead atoms. The van der Waals surface area contributed by atoms with Gasteiger partial charge in [0, 0.05) is 12.1 Å². The minimum absolute atomic E-state index is 0.223. The summed E-state index contributed by atoms with van der Waals surface area (Å²) in [6.45, 7) is 3.16. The zero-order valence-corrected chi connectivity index (χ0v) is 14.2. The maximum Gasteiger partial charge on any atom is 0.351 e. The van der Waals surface area contributed by atoms with Crippen molar-refractivity contribution in [2.45, 2.75) is 24.8 Å². The fourth-order valence-electron chi connectivity index (χ4n) is 1.95. The van der Waals surface area contributed by atoms with E-state index >= 15 is 0 Å². The van der Waals surface area contributed by atoms with Crippen LogP contribution in [0.25, 0.3) is 0 Å². The summed E-state index contributed by atoms with van der Waals surface area (Å²) in [4.78, 5) is 16.9. The van der Waals surface area contributed by atoms with Crippen LogP contribution in [0.1, 0.15) is 13.8 Å². The monoisotopic (exact) mass is 372 g/mol. The standard InChI is InChI=1S/C15H17FN2O6S/c1-9(2)14(15(21)24-18-12(19)7-8-13(18)20)17-25(22,23)11-5-3-10(16)4-6-11/h3-9,14,17,19-20H,1-2H3/t14-/m0/s1. The first kappa shape index (κ1) is 18.7. The van der Waals surface area contributed by atoms with Gasteiger partial charge in [-0.15, -0.1) is 4.73 Å². The first-order chi connectivity index (χ1) is 11.6. The molecule has 0 amide bonds. The topological polar surface area (TPSA) is 118 Å². The van der Waals surface area contributed by atoms with Crippen molar-refractivity contribution in [3.05, 3.63) is 42.2 Å². The molecule has 1 aromatic carbocycles. The van der Waals surface area contributed by atoms with Gasteiger partial charge in [0.25, 0.3) is 0 Å². The van der Waals surface area contributed by atoms with Gasteiger partial charge in [-0.1, -0.05) is 13.8 Å². The van der Waals surface area contributed by atoms with Gasteiger partial charge in [0.15, 0.2) is 0 Å². The minimum Gasteiger partial charge on any atom is -0.492 e. The average Bonchev–Trinajstić information content (AvgIpc) is 2.84. The van der Waals surface area contributed by atoms with Crippen LogP contribution in [0.15, 0.2) is 41.3 Å². The molecule has 136 valence electrons. The molecule has 0 radical (unpaired) electrons. The van der Waals surface area contributed by atoms with Crippen LogP contribution >= 0.6 is 0 Å². The van der Waals surface area contributed by atoms with Crippen LogP contribution < -0.4 is 9.56 Å². The van der Waals surface area contributed by atoms with Crippen LogP contribution in [0, 0.1) is 11.7 Å². The Bertz CT molecular complexity index is 841. The molecule has 1 heterocycles. The maximum atomic E-state index is 12.9. The minimum atomic E-state index is -4.12. The molecule has 8 nitrogen and oxygen atoms in total. The Balaban J connectivity index is 2.23. The van der Waals surface area contributed by atoms with Gasteiger partial charge in [-0.2, -0.15) is 4.72 Å². The Morgan fingerprint density at radius 3 is 2.12 bits per heavy atom. The van der Waals surface area contributed by atoms with E-state index in [2.05, 4.69) is 4.72 Å². The summed E-state index contributed by atoms with van der Waals surface area (Å²) in [5.74, 6) is -3.22. The summed E-state index contributed by atoms with van der Waals surface area (Å²) in [5, 5.41) is 19.0. The molecule has 3 N–H and O–H groups in total. The molecule has 1 atom stereocenters. The first-order valence-electron chi connectivity index (χ1n) is 7.21. The molecule has 0 unspecified atom stereocenters. The fourth-order valence-corrected chi connectivity index (χ4v) is 3.28. The Morgan fingerprint density at radius 2 is 1.64 bits per heavy atom. The molecule has 25 heavy (non-hydrogen) atoms. The maximum absolute atomic E-state index is 12.9. The number of nitrogens with zero attached hydrogens (tertiary/aromatic N) is 1. The van der Waals surface area contributed by atoms with Crippen molar-refractivity contribution in [3.8, 4) is 11.8 Å². The van der Waals surface area contributed by atoms with Gasteiger partial charge in [0.05, 0.1) is 4.90 Å². The number of benzene rings is 1. The molecule has 0 fully saturated rings. The van der Waals surface area contributed by atoms with E-state index in [1.165, 1.54) is 0 Å². The third-order valence-corrected chi connectivity index (χ3v) is 4.76. The Morgan fingerprint density at radius 1 is 1.12 bits per heavy atom. The van der Waals surface area contributed by atoms with Gasteiger partial charge in [0.1, 0.15) is 11.9 Å². The van der Waals surface area contributed by atoms with Crippen molar-refractivity contribution in [2.24, 2.45) is 5.92 Å². The Labute approximate surface area is 143 Å². The largest absolute Gasteiger partial charge is 0.492 e. The average molecular weight is 372 g/mol. The lowest BCUT2D eigenvalue weighted by Crippen LogP contribution is -2.47. The molecular weight excluding hydrogens is 355 g/mol. The molecule has 0 aliphatic rings. The summed E-state index contributed by atoms with van der Waals surface area (Å²) in [5.41, 5.74) is 0. The number of hydrogen-bond acceptors (Lipinski definition) is 6. The van der Waals surface area contributed by atoms with Crippen LogP contribution in [0.2, 0.25) is 0 Å². The summed E-state index contributed by atoms with van der Waals surface area (Å²) in [6, 6.07) is 4.95. The highest BCUT2D eigenvalue weighted by Crippen LogP contribution is 2.20. The van der Waals surface area contributed by atoms with E-state index in [-0.39, 0.29) is 4.90 Å². The lowest BCUT2D eigenvalue weighted by Gasteiger charge is -2.20. The number of sulfonamides is 1. The SMILES string of the molecule is CC(C)[C@H](NS(=O)(=O)c1ccc(F)cc1)C(=O)On1c(O)ccc1O. The smallest absolute Gasteiger partial charge is 0.351 e. The zero-order valence-electron chi connectivity index (χ0n) is 13.4. The van der Waals surface area contributed by atoms with Crippen molar-refractivity contribution in [3.63, 3.8) is 0 Å². The Kier molecular flexibility index (Phi) is 5.33. The summed E-state index contributed by atoms with van der Waals surface area (Å²) in [6.07, 6.45) is 0. The number of hydrogen-bond donors (Lipinski definition) is 3. The summed E-state index contributed by atoms with van der Waals surface area (Å²) >= 11 is 0. The molecule has 0 saturated carbocycles. The van der Waals surface area contributed by atoms with E-state index < -0.39 is 45.5 Å². The molecule has 0 aliphatic heterocycles. The number of rotatable bonds is 6. The number of halogens is 1. The normalized spacial score (nSPS) is 13.0. The van der Waals surface area contributed by atoms with E-state index in [0.29, 0.717) is 4.73 Å². The van der Waals surface area contributed by atoms with Crippen LogP contribution in [0.3, 0.4) is 0 Å². The highest BCUT2D eigenvalue weighted by molar-refractivity contribution is 7.89. The van der Waals surface area contributed by atoms with Crippen LogP contribution in [-0.2, 0) is 14.8 Å². The van der Waals surface area contributed by atoms with E-state index in [1.54, 1.807) is 13.8 Å². The van der Waals surface area contributed by atoms with Crippen molar-refractivity contribution in [1.29, 1.82) is 0 Å². The van der Waals surface area contributed by atoms with E-state index in [1.807, 2.05) is 0 Å². The predicted octanol–water partition coefficient (Wildman–Crippen LogP) is 0.997. The van der Waals surface area contributed by atoms with Crippen molar-refractivity contribution >= 4 is 16.0 Å². The van der Waals surface area contributed by atoms with Crippen LogP contribution in [-0.4, -0.2) is 35.4 Å². The molecule has 0 saturated heterocycles. The summed E-state index contributed by atoms with van der Waals surface area (Å²) < 4.78 is 40.3. The number of carbonyl (C=O) groups excluding carboxylic acids is 1. The fraction of sp³-hybridized carbons (Fsp3) is 0.267. The number of nitrogens with one attached hydrogen (secondary N) is 1. The molecular formula is C15H17FN2O6S. The van der Waals surface area contributed by atoms with Crippen LogP contribution in [0.4, 0.5) is 4.39 Å². The van der Waals surface area contributed by atoms with Gasteiger partial charge in [-0.05, 0) is 30.2 Å². The van der Waals surface area contributed by atoms with Crippen LogP contribution in [0.5, 0.6) is 11.8 Å². The van der Waals surface area contributed by atoms with Gasteiger partial charge in [-0.3, -0.25) is 0 Å². The van der Waals surface area contributed by atoms with Crippen molar-refractivity contribution in [1.82, 2.24) is 9.45 Å². The number of carbonyl (C=O) groups is 1. The highest BCUT2D eigenvalue weighted by Gasteiger charge is 2.31. The van der Waals surface area contributed by atoms with Gasteiger partial charge in [0.2, 0.25) is 21.8 Å². The molecule has 0 aliphatic carbocycles. The van der Waals surface area contributed by atoms with E-state index in [0.717, 1.165) is 36.4 Å². The van der Waals surface area contributed by atoms with Crippen molar-refractivity contribution < 1.29 is 32.7 Å². The summed E-state index contributed by atoms with van der Waals surface area (Å²) in [7, 11) is -4.12. The lowest BCUT2D eigenvalue weighted by molar-refractivity contribution is -0.148. The van der Waals surface area contributed by atoms with E-state index in [4.69, 9.17) is 4.84 Å². The van der Waals surface area contributed by atoms with Gasteiger partial charge in [-0.25, -0.2) is 17.6 Å². The third-order valence-electron chi connectivity index (χ3n) is 3.31. The number of aromatic nitrogens is 1. The second-order valence-electron chi connectivity index (χ2n) is 5.55. The molecule has 1 aromatic heterocycles. The second kappa shape index (κ2) is 7.11. The third kappa shape index (κ3) is 4.28. The Hall–Kier alpha value is -2.59. The van der Waals surface area contributed by atoms with Gasteiger partial charge < -0.3 is 15.1 Å². The zero-order chi connectivity index (χ0) is 18.8. The molecule has 10 heteroatoms.